The summed E-state index contributed by atoms with van der Waals surface area (Å²) in [7, 11) is 0. The first kappa shape index (κ1) is 61.5. The van der Waals surface area contributed by atoms with Crippen molar-refractivity contribution in [3.05, 3.63) is 113 Å². The minimum absolute atomic E-state index is 0.0231. The minimum atomic E-state index is -0.873. The third-order valence-electron chi connectivity index (χ3n) is 14.3. The Hall–Kier alpha value is -6.70. The summed E-state index contributed by atoms with van der Waals surface area (Å²) in [5, 5.41) is 37.1. The molecule has 1 fully saturated rings. The number of hydrogen-bond acceptors (Lipinski definition) is 12. The van der Waals surface area contributed by atoms with Gasteiger partial charge in [-0.05, 0) is 104 Å². The summed E-state index contributed by atoms with van der Waals surface area (Å²) in [6.07, 6.45) is 17.0. The highest BCUT2D eigenvalue weighted by Gasteiger charge is 2.44. The molecule has 5 aromatic rings. The molecule has 0 saturated carbocycles. The van der Waals surface area contributed by atoms with Gasteiger partial charge in [0.05, 0.1) is 34.5 Å². The Morgan fingerprint density at radius 3 is 2.15 bits per heavy atom. The second-order valence-electron chi connectivity index (χ2n) is 21.9. The van der Waals surface area contributed by atoms with Crippen molar-refractivity contribution in [2.45, 2.75) is 182 Å². The summed E-state index contributed by atoms with van der Waals surface area (Å²) in [6.45, 7) is 12.5. The van der Waals surface area contributed by atoms with Crippen LogP contribution in [0.2, 0.25) is 0 Å². The fourth-order valence-corrected chi connectivity index (χ4v) is 10.4. The van der Waals surface area contributed by atoms with Crippen LogP contribution in [-0.4, -0.2) is 108 Å². The van der Waals surface area contributed by atoms with Crippen LogP contribution in [-0.2, 0) is 40.4 Å². The van der Waals surface area contributed by atoms with E-state index in [1.807, 2.05) is 92.6 Å². The summed E-state index contributed by atoms with van der Waals surface area (Å²) in [5.74, 6) is -0.753. The Labute approximate surface area is 470 Å². The molecule has 79 heavy (non-hydrogen) atoms. The van der Waals surface area contributed by atoms with E-state index in [4.69, 9.17) is 9.94 Å². The number of nitrogens with one attached hydrogen (secondary N) is 4. The molecule has 6 rings (SSSR count). The summed E-state index contributed by atoms with van der Waals surface area (Å²) in [5.41, 5.74) is 8.57. The van der Waals surface area contributed by atoms with Gasteiger partial charge >= 0.3 is 6.03 Å². The van der Waals surface area contributed by atoms with Crippen molar-refractivity contribution >= 4 is 46.7 Å². The molecule has 0 unspecified atom stereocenters. The first-order valence-electron chi connectivity index (χ1n) is 28.4. The van der Waals surface area contributed by atoms with Crippen LogP contribution in [0, 0.1) is 12.3 Å². The van der Waals surface area contributed by atoms with Crippen molar-refractivity contribution in [2.75, 3.05) is 25.0 Å². The topological polar surface area (TPSA) is 233 Å². The van der Waals surface area contributed by atoms with E-state index in [1.165, 1.54) is 43.4 Å². The zero-order valence-corrected chi connectivity index (χ0v) is 47.8. The Kier molecular flexibility index (Phi) is 24.7. The smallest absolute Gasteiger partial charge is 0.322 e. The molecule has 428 valence electrons. The maximum absolute atomic E-state index is 14.1. The highest BCUT2D eigenvalue weighted by molar-refractivity contribution is 7.13. The van der Waals surface area contributed by atoms with Crippen molar-refractivity contribution < 1.29 is 39.0 Å². The maximum atomic E-state index is 14.1. The van der Waals surface area contributed by atoms with Crippen LogP contribution in [0.25, 0.3) is 10.4 Å². The molecule has 3 aromatic carbocycles. The molecule has 1 aliphatic heterocycles. The van der Waals surface area contributed by atoms with E-state index in [9.17, 15) is 29.1 Å². The number of benzene rings is 3. The summed E-state index contributed by atoms with van der Waals surface area (Å²) in [4.78, 5) is 74.3. The number of rotatable bonds is 32. The number of hydrogen-bond donors (Lipinski definition) is 6. The van der Waals surface area contributed by atoms with Crippen molar-refractivity contribution in [1.29, 1.82) is 0 Å². The average molecular weight is 1110 g/mol. The van der Waals surface area contributed by atoms with E-state index in [0.717, 1.165) is 90.2 Å². The lowest BCUT2D eigenvalue weighted by Gasteiger charge is -2.35. The minimum Gasteiger partial charge on any atom is -0.494 e. The number of amides is 6. The lowest BCUT2D eigenvalue weighted by molar-refractivity contribution is -0.144. The first-order valence-corrected chi connectivity index (χ1v) is 29.3. The number of urea groups is 1. The van der Waals surface area contributed by atoms with Gasteiger partial charge in [-0.25, -0.2) is 15.3 Å². The second-order valence-corrected chi connectivity index (χ2v) is 22.7. The Balaban J connectivity index is 0.772. The number of β-amino-alcohol motifs (C(OH)–C–C–N with tert-alkyl or cyclic N) is 1. The molecule has 6 N–H and O–H groups in total. The molecule has 0 bridgehead atoms. The number of anilines is 1. The lowest BCUT2D eigenvalue weighted by atomic mass is 9.85. The number of unbranched alkanes of at least 4 members (excludes halogenated alkanes) is 11. The van der Waals surface area contributed by atoms with Gasteiger partial charge in [0.2, 0.25) is 17.7 Å². The number of nitrogens with zero attached hydrogens (tertiary/aromatic N) is 6. The highest BCUT2D eigenvalue weighted by atomic mass is 32.1. The summed E-state index contributed by atoms with van der Waals surface area (Å²) >= 11 is 1.58. The molecule has 2 aromatic heterocycles. The van der Waals surface area contributed by atoms with Crippen LogP contribution >= 0.6 is 11.3 Å². The van der Waals surface area contributed by atoms with Crippen LogP contribution in [0.5, 0.6) is 5.75 Å². The normalized spacial score (nSPS) is 14.6. The van der Waals surface area contributed by atoms with Gasteiger partial charge in [-0.3, -0.25) is 29.1 Å². The molecule has 3 heterocycles. The largest absolute Gasteiger partial charge is 0.494 e. The van der Waals surface area contributed by atoms with Crippen LogP contribution < -0.4 is 26.2 Å². The molecule has 3 atom stereocenters. The monoisotopic (exact) mass is 1100 g/mol. The van der Waals surface area contributed by atoms with Gasteiger partial charge < -0.3 is 35.6 Å². The fraction of sp³-hybridized carbons (Fsp3) is 0.533. The number of carbonyl (C=O) groups excluding carboxylic acids is 5. The van der Waals surface area contributed by atoms with E-state index in [0.29, 0.717) is 43.8 Å². The number of hydroxylamine groups is 1. The van der Waals surface area contributed by atoms with E-state index < -0.39 is 29.5 Å². The van der Waals surface area contributed by atoms with Crippen molar-refractivity contribution in [3.8, 4) is 16.2 Å². The molecular formula is C60H84N10O8S. The number of aromatic nitrogens is 4. The molecule has 1 saturated heterocycles. The van der Waals surface area contributed by atoms with E-state index in [1.54, 1.807) is 46.0 Å². The first-order chi connectivity index (χ1) is 38.1. The Morgan fingerprint density at radius 2 is 1.51 bits per heavy atom. The molecule has 19 heteroatoms. The van der Waals surface area contributed by atoms with E-state index >= 15 is 0 Å². The number of aliphatic hydroxyl groups excluding tert-OH is 1. The summed E-state index contributed by atoms with van der Waals surface area (Å²) < 4.78 is 7.89. The van der Waals surface area contributed by atoms with Gasteiger partial charge in [0.15, 0.2) is 0 Å². The van der Waals surface area contributed by atoms with Gasteiger partial charge in [-0.1, -0.05) is 127 Å². The molecule has 0 aliphatic carbocycles. The molecule has 1 aliphatic rings. The highest BCUT2D eigenvalue weighted by Crippen LogP contribution is 2.29. The fourth-order valence-electron chi connectivity index (χ4n) is 9.63. The van der Waals surface area contributed by atoms with Crippen molar-refractivity contribution in [2.24, 2.45) is 5.41 Å². The number of ether oxygens (including phenoxy) is 1. The zero-order valence-electron chi connectivity index (χ0n) is 47.0. The number of aryl methyl sites for hydroxylation is 3. The molecule has 0 spiro atoms. The van der Waals surface area contributed by atoms with Gasteiger partial charge in [0, 0.05) is 63.0 Å². The number of aliphatic hydroxyl groups is 1. The van der Waals surface area contributed by atoms with Gasteiger partial charge in [-0.2, -0.15) is 0 Å². The molecule has 18 nitrogen and oxygen atoms in total. The van der Waals surface area contributed by atoms with Gasteiger partial charge in [0.25, 0.3) is 5.91 Å². The Morgan fingerprint density at radius 1 is 0.835 bits per heavy atom. The predicted molar refractivity (Wildman–Crippen MR) is 307 cm³/mol. The predicted octanol–water partition coefficient (Wildman–Crippen LogP) is 10.2. The van der Waals surface area contributed by atoms with Crippen LogP contribution in [0.3, 0.4) is 0 Å². The maximum Gasteiger partial charge on any atom is 0.322 e. The van der Waals surface area contributed by atoms with Crippen molar-refractivity contribution in [1.82, 2.24) is 45.9 Å². The third kappa shape index (κ3) is 20.2. The third-order valence-corrected chi connectivity index (χ3v) is 15.3. The quantitative estimate of drug-likeness (QED) is 0.0135. The molecule has 6 amide bonds. The van der Waals surface area contributed by atoms with Gasteiger partial charge in [-0.15, -0.1) is 16.4 Å². The Bertz CT molecular complexity index is 2670. The zero-order chi connectivity index (χ0) is 56.6. The average Bonchev–Trinajstić information content (AvgIpc) is 4.23. The second kappa shape index (κ2) is 31.8. The van der Waals surface area contributed by atoms with E-state index in [2.05, 4.69) is 38.2 Å². The van der Waals surface area contributed by atoms with Crippen LogP contribution in [0.4, 0.5) is 10.5 Å². The summed E-state index contributed by atoms with van der Waals surface area (Å²) in [6, 6.07) is 20.3. The lowest BCUT2D eigenvalue weighted by Crippen LogP contribution is -2.57. The van der Waals surface area contributed by atoms with Crippen LogP contribution in [0.1, 0.15) is 163 Å². The number of carbonyl (C=O) groups is 5. The number of thiazole rings is 1. The standard InChI is InChI=1S/C60H84N10O8S/c1-6-7-34-68(39-45-24-28-47(29-25-45)56(73)66-77)59(76)63-48-30-32-51(33-31-48)78-36-19-15-13-11-9-8-10-12-14-18-35-69-40-49(65-67-69)20-16-17-21-53(72)64-55(60(3,4)5)58(75)70-41-50(71)37-52(70)57(74)61-38-44-22-26-46(27-23-44)54-43(2)62-42-79-54/h22-33,40,42,50,52,55,71,77H,6-21,34-39,41H2,1-5H3,(H,61,74)(H,63,76)(H,64,72)(H,66,73)/t50-,52+,55-/m1/s1. The molecule has 0 radical (unpaired) electrons. The SMILES string of the molecule is CCCCN(Cc1ccc(C(=O)NO)cc1)C(=O)Nc1ccc(OCCCCCCCCCCCCn2cc(CCCCC(=O)N[C@H](C(=O)N3C[C@H](O)C[C@H]3C(=O)NCc3ccc(-c4scnc4C)cc3)C(C)(C)C)nn2)cc1. The number of likely N-dealkylation sites (tertiary alicyclic amines) is 1. The van der Waals surface area contributed by atoms with E-state index in [-0.39, 0.29) is 49.7 Å². The van der Waals surface area contributed by atoms with Crippen molar-refractivity contribution in [3.63, 3.8) is 0 Å². The van der Waals surface area contributed by atoms with Gasteiger partial charge in [0.1, 0.15) is 17.8 Å². The van der Waals surface area contributed by atoms with Crippen LogP contribution in [0.15, 0.2) is 84.5 Å². The molecular weight excluding hydrogens is 1020 g/mol.